The summed E-state index contributed by atoms with van der Waals surface area (Å²) in [7, 11) is 3.86. The molecule has 2 aromatic rings. The fourth-order valence-corrected chi connectivity index (χ4v) is 3.74. The molecule has 1 aliphatic heterocycles. The summed E-state index contributed by atoms with van der Waals surface area (Å²) in [4.78, 5) is 13.8. The first-order valence-corrected chi connectivity index (χ1v) is 8.24. The molecule has 0 bridgehead atoms. The number of Topliss-reactive ketones (excluding diaryl/α,β-unsaturated/α-hetero) is 1. The molecule has 0 radical (unpaired) electrons. The second kappa shape index (κ2) is 6.37. The fraction of sp³-hybridized carbons (Fsp3) is 0.222. The highest BCUT2D eigenvalue weighted by molar-refractivity contribution is 7.10. The topological polar surface area (TPSA) is 47.3 Å². The summed E-state index contributed by atoms with van der Waals surface area (Å²) in [5.41, 5.74) is 1.77. The molecular weight excluding hydrogens is 306 g/mol. The Kier molecular flexibility index (Phi) is 4.28. The third-order valence-electron chi connectivity index (χ3n) is 4.17. The van der Waals surface area contributed by atoms with Crippen molar-refractivity contribution in [1.29, 1.82) is 5.26 Å². The van der Waals surface area contributed by atoms with Crippen molar-refractivity contribution in [3.8, 4) is 6.07 Å². The second-order valence-corrected chi connectivity index (χ2v) is 6.44. The molecule has 1 aromatic heterocycles. The number of hydrogen-bond donors (Lipinski definition) is 0. The Hall–Kier alpha value is -2.42. The standard InChI is InChI=1S/C18H17N3OS/c1-20-15(17-9-6-10-23-17)11-16(22)14(12-19)18(21(20)2)13-7-4-3-5-8-13/h3-10,15H,11H2,1-2H3/t15-/m1/s1. The number of thiophene rings is 1. The maximum atomic E-state index is 12.7. The number of carbonyl (C=O) groups excluding carboxylic acids is 1. The second-order valence-electron chi connectivity index (χ2n) is 5.46. The van der Waals surface area contributed by atoms with Crippen LogP contribution in [0.25, 0.3) is 5.70 Å². The number of nitrogens with zero attached hydrogens (tertiary/aromatic N) is 3. The zero-order valence-electron chi connectivity index (χ0n) is 13.1. The van der Waals surface area contributed by atoms with Crippen LogP contribution in [0.5, 0.6) is 0 Å². The summed E-state index contributed by atoms with van der Waals surface area (Å²) < 4.78 is 0. The molecular formula is C18H17N3OS. The van der Waals surface area contributed by atoms with E-state index in [2.05, 4.69) is 6.07 Å². The minimum Gasteiger partial charge on any atom is -0.306 e. The first-order valence-electron chi connectivity index (χ1n) is 7.36. The van der Waals surface area contributed by atoms with Crippen LogP contribution in [0.15, 0.2) is 53.4 Å². The molecule has 1 aromatic carbocycles. The van der Waals surface area contributed by atoms with E-state index in [1.165, 1.54) is 0 Å². The monoisotopic (exact) mass is 323 g/mol. The van der Waals surface area contributed by atoms with Crippen LogP contribution in [0.4, 0.5) is 0 Å². The molecule has 23 heavy (non-hydrogen) atoms. The summed E-state index contributed by atoms with van der Waals surface area (Å²) in [6.07, 6.45) is 0.306. The van der Waals surface area contributed by atoms with Crippen LogP contribution in [0, 0.1) is 11.3 Å². The number of hydrazine groups is 1. The first kappa shape index (κ1) is 15.5. The summed E-state index contributed by atoms with van der Waals surface area (Å²) in [6.45, 7) is 0. The Labute approximate surface area is 139 Å². The highest BCUT2D eigenvalue weighted by Crippen LogP contribution is 2.36. The van der Waals surface area contributed by atoms with Crippen LogP contribution in [-0.4, -0.2) is 29.9 Å². The van der Waals surface area contributed by atoms with E-state index in [4.69, 9.17) is 0 Å². The third-order valence-corrected chi connectivity index (χ3v) is 5.15. The van der Waals surface area contributed by atoms with Crippen molar-refractivity contribution >= 4 is 22.8 Å². The lowest BCUT2D eigenvalue weighted by Crippen LogP contribution is -2.37. The number of nitriles is 1. The molecule has 3 rings (SSSR count). The van der Waals surface area contributed by atoms with Gasteiger partial charge in [0.2, 0.25) is 0 Å². The molecule has 116 valence electrons. The summed E-state index contributed by atoms with van der Waals surface area (Å²) in [5.74, 6) is -0.110. The molecule has 0 saturated carbocycles. The van der Waals surface area contributed by atoms with Crippen molar-refractivity contribution in [2.75, 3.05) is 14.1 Å². The average molecular weight is 323 g/mol. The molecule has 1 aliphatic rings. The van der Waals surface area contributed by atoms with E-state index in [1.807, 2.05) is 72.0 Å². The third kappa shape index (κ3) is 2.79. The maximum Gasteiger partial charge on any atom is 0.177 e. The molecule has 0 saturated heterocycles. The van der Waals surface area contributed by atoms with Gasteiger partial charge in [-0.1, -0.05) is 36.4 Å². The highest BCUT2D eigenvalue weighted by atomic mass is 32.1. The highest BCUT2D eigenvalue weighted by Gasteiger charge is 2.33. The van der Waals surface area contributed by atoms with Gasteiger partial charge in [-0.2, -0.15) is 5.26 Å². The number of allylic oxidation sites excluding steroid dienone is 1. The minimum atomic E-state index is -0.110. The number of carbonyl (C=O) groups is 1. The van der Waals surface area contributed by atoms with E-state index in [0.29, 0.717) is 12.1 Å². The van der Waals surface area contributed by atoms with Gasteiger partial charge in [0.1, 0.15) is 11.6 Å². The molecule has 4 nitrogen and oxygen atoms in total. The number of benzene rings is 1. The van der Waals surface area contributed by atoms with Crippen molar-refractivity contribution in [2.24, 2.45) is 0 Å². The maximum absolute atomic E-state index is 12.7. The normalized spacial score (nSPS) is 19.6. The van der Waals surface area contributed by atoms with Crippen LogP contribution in [0.2, 0.25) is 0 Å². The molecule has 1 atom stereocenters. The van der Waals surface area contributed by atoms with Gasteiger partial charge in [-0.3, -0.25) is 4.79 Å². The Bertz CT molecular complexity index is 774. The number of rotatable bonds is 2. The van der Waals surface area contributed by atoms with Crippen molar-refractivity contribution in [2.45, 2.75) is 12.5 Å². The molecule has 0 aliphatic carbocycles. The minimum absolute atomic E-state index is 0.0583. The van der Waals surface area contributed by atoms with Gasteiger partial charge in [0.15, 0.2) is 5.78 Å². The SMILES string of the molecule is CN1C(c2ccccc2)=C(C#N)C(=O)C[C@H](c2cccs2)N1C. The van der Waals surface area contributed by atoms with Gasteiger partial charge in [0, 0.05) is 31.0 Å². The van der Waals surface area contributed by atoms with Crippen LogP contribution in [0.3, 0.4) is 0 Å². The average Bonchev–Trinajstić information content (AvgIpc) is 3.08. The predicted octanol–water partition coefficient (Wildman–Crippen LogP) is 3.48. The fourth-order valence-electron chi connectivity index (χ4n) is 2.88. The van der Waals surface area contributed by atoms with Gasteiger partial charge in [-0.15, -0.1) is 11.3 Å². The lowest BCUT2D eigenvalue weighted by atomic mass is 10.00. The zero-order chi connectivity index (χ0) is 16.4. The Morgan fingerprint density at radius 2 is 1.91 bits per heavy atom. The Morgan fingerprint density at radius 1 is 1.17 bits per heavy atom. The van der Waals surface area contributed by atoms with Crippen molar-refractivity contribution in [3.63, 3.8) is 0 Å². The van der Waals surface area contributed by atoms with Gasteiger partial charge in [0.25, 0.3) is 0 Å². The molecule has 2 heterocycles. The molecule has 0 fully saturated rings. The predicted molar refractivity (Wildman–Crippen MR) is 91.2 cm³/mol. The molecule has 5 heteroatoms. The van der Waals surface area contributed by atoms with Gasteiger partial charge in [-0.05, 0) is 11.4 Å². The smallest absolute Gasteiger partial charge is 0.177 e. The molecule has 0 spiro atoms. The van der Waals surface area contributed by atoms with Gasteiger partial charge >= 0.3 is 0 Å². The molecule has 0 unspecified atom stereocenters. The quantitative estimate of drug-likeness (QED) is 0.849. The molecule has 0 amide bonds. The Balaban J connectivity index is 2.11. The van der Waals surface area contributed by atoms with Gasteiger partial charge in [0.05, 0.1) is 11.7 Å². The van der Waals surface area contributed by atoms with E-state index in [9.17, 15) is 10.1 Å². The van der Waals surface area contributed by atoms with Crippen LogP contribution in [0.1, 0.15) is 22.9 Å². The van der Waals surface area contributed by atoms with E-state index in [0.717, 1.165) is 10.4 Å². The lowest BCUT2D eigenvalue weighted by Gasteiger charge is -2.35. The summed E-state index contributed by atoms with van der Waals surface area (Å²) in [5, 5.41) is 15.5. The van der Waals surface area contributed by atoms with E-state index in [1.54, 1.807) is 11.3 Å². The van der Waals surface area contributed by atoms with E-state index in [-0.39, 0.29) is 17.4 Å². The zero-order valence-corrected chi connectivity index (χ0v) is 13.9. The van der Waals surface area contributed by atoms with Gasteiger partial charge < -0.3 is 5.01 Å². The van der Waals surface area contributed by atoms with Gasteiger partial charge in [-0.25, -0.2) is 5.01 Å². The number of ketones is 1. The summed E-state index contributed by atoms with van der Waals surface area (Å²) >= 11 is 1.63. The number of hydrogen-bond acceptors (Lipinski definition) is 5. The Morgan fingerprint density at radius 3 is 2.52 bits per heavy atom. The van der Waals surface area contributed by atoms with Crippen molar-refractivity contribution in [3.05, 3.63) is 63.9 Å². The van der Waals surface area contributed by atoms with E-state index < -0.39 is 0 Å². The summed E-state index contributed by atoms with van der Waals surface area (Å²) in [6, 6.07) is 15.7. The van der Waals surface area contributed by atoms with Crippen LogP contribution < -0.4 is 0 Å². The lowest BCUT2D eigenvalue weighted by molar-refractivity contribution is -0.116. The van der Waals surface area contributed by atoms with Crippen LogP contribution in [-0.2, 0) is 4.79 Å². The largest absolute Gasteiger partial charge is 0.306 e. The van der Waals surface area contributed by atoms with E-state index >= 15 is 0 Å². The van der Waals surface area contributed by atoms with Crippen molar-refractivity contribution < 1.29 is 4.79 Å². The van der Waals surface area contributed by atoms with Crippen molar-refractivity contribution in [1.82, 2.24) is 10.0 Å². The van der Waals surface area contributed by atoms with Crippen LogP contribution >= 0.6 is 11.3 Å². The first-order chi connectivity index (χ1) is 11.1. The molecule has 0 N–H and O–H groups in total.